The molecule has 18 aromatic carbocycles. The number of furan rings is 3. The van der Waals surface area contributed by atoms with Gasteiger partial charge in [0.1, 0.15) is 33.5 Å². The Hall–Kier alpha value is -14.4. The third-order valence-electron chi connectivity index (χ3n) is 26.2. The number of anilines is 6. The van der Waals surface area contributed by atoms with Crippen molar-refractivity contribution < 1.29 is 13.3 Å². The fourth-order valence-corrected chi connectivity index (χ4v) is 24.0. The van der Waals surface area contributed by atoms with Crippen molar-refractivity contribution in [3.63, 3.8) is 0 Å². The number of hydrogen-bond donors (Lipinski definition) is 0. The van der Waals surface area contributed by atoms with E-state index in [0.29, 0.717) is 0 Å². The lowest BCUT2D eigenvalue weighted by atomic mass is 9.82. The van der Waals surface area contributed by atoms with Crippen LogP contribution in [0, 0.1) is 0 Å². The zero-order valence-corrected chi connectivity index (χ0v) is 69.6. The number of rotatable bonds is 10. The summed E-state index contributed by atoms with van der Waals surface area (Å²) in [5.74, 6) is 0. The van der Waals surface area contributed by atoms with Crippen LogP contribution in [0.2, 0.25) is 0 Å². The number of para-hydroxylation sites is 5. The molecule has 0 N–H and O–H groups in total. The Kier molecular flexibility index (Phi) is 15.7. The molecule has 2 aliphatic carbocycles. The third-order valence-corrected chi connectivity index (χ3v) is 29.9. The van der Waals surface area contributed by atoms with Crippen molar-refractivity contribution in [2.75, 3.05) is 9.80 Å². The first-order valence-electron chi connectivity index (χ1n) is 41.8. The first kappa shape index (κ1) is 70.6. The maximum absolute atomic E-state index is 6.63. The largest absolute Gasteiger partial charge is 0.455 e. The molecule has 26 rings (SSSR count). The highest BCUT2D eigenvalue weighted by Gasteiger charge is 2.40. The van der Waals surface area contributed by atoms with Gasteiger partial charge in [0.05, 0.1) is 0 Å². The average molecular weight is 1620 g/mol. The molecule has 2 aliphatic rings. The van der Waals surface area contributed by atoms with Gasteiger partial charge in [-0.1, -0.05) is 295 Å². The molecule has 0 radical (unpaired) electrons. The van der Waals surface area contributed by atoms with Gasteiger partial charge in [-0.25, -0.2) is 0 Å². The fourth-order valence-electron chi connectivity index (χ4n) is 20.2. The summed E-state index contributed by atoms with van der Waals surface area (Å²) < 4.78 is 27.6. The Morgan fingerprint density at radius 2 is 0.500 bits per heavy atom. The minimum Gasteiger partial charge on any atom is -0.455 e. The van der Waals surface area contributed by atoms with E-state index in [4.69, 9.17) is 13.3 Å². The van der Waals surface area contributed by atoms with Gasteiger partial charge in [0, 0.05) is 160 Å². The molecule has 0 amide bonds. The summed E-state index contributed by atoms with van der Waals surface area (Å²) in [5, 5.41) is 14.8. The van der Waals surface area contributed by atoms with E-state index in [1.165, 1.54) is 127 Å². The summed E-state index contributed by atoms with van der Waals surface area (Å²) in [4.78, 5) is 4.81. The summed E-state index contributed by atoms with van der Waals surface area (Å²) in [5.41, 5.74) is 31.6. The van der Waals surface area contributed by atoms with E-state index in [9.17, 15) is 0 Å². The average Bonchev–Trinajstić information content (AvgIpc) is 1.55. The van der Waals surface area contributed by atoms with Gasteiger partial charge in [0.25, 0.3) is 0 Å². The minimum atomic E-state index is -0.235. The van der Waals surface area contributed by atoms with Gasteiger partial charge >= 0.3 is 0 Å². The Morgan fingerprint density at radius 3 is 0.918 bits per heavy atom. The van der Waals surface area contributed by atoms with Crippen molar-refractivity contribution in [3.05, 3.63) is 398 Å². The van der Waals surface area contributed by atoms with E-state index in [1.807, 2.05) is 58.3 Å². The number of thiophene rings is 3. The quantitative estimate of drug-likeness (QED) is 0.137. The van der Waals surface area contributed by atoms with Gasteiger partial charge in [-0.15, -0.1) is 34.0 Å². The Morgan fingerprint density at radius 1 is 0.205 bits per heavy atom. The Labute approximate surface area is 715 Å². The van der Waals surface area contributed by atoms with Gasteiger partial charge in [-0.05, 0) is 176 Å². The van der Waals surface area contributed by atoms with Gasteiger partial charge in [-0.3, -0.25) is 0 Å². The number of fused-ring (bicyclic) bond motifs is 26. The molecule has 0 fully saturated rings. The minimum absolute atomic E-state index is 0.168. The van der Waals surface area contributed by atoms with Gasteiger partial charge < -0.3 is 23.1 Å². The van der Waals surface area contributed by atoms with Crippen molar-refractivity contribution in [1.82, 2.24) is 0 Å². The molecule has 0 bridgehead atoms. The molecule has 0 spiro atoms. The summed E-state index contributed by atoms with van der Waals surface area (Å²) in [7, 11) is 0. The Balaban J connectivity index is 0.000000134. The highest BCUT2D eigenvalue weighted by molar-refractivity contribution is 7.27. The molecule has 576 valence electrons. The molecular formula is C114H74N2O3S3. The van der Waals surface area contributed by atoms with Gasteiger partial charge in [0.15, 0.2) is 0 Å². The second kappa shape index (κ2) is 27.1. The predicted molar refractivity (Wildman–Crippen MR) is 520 cm³/mol. The van der Waals surface area contributed by atoms with Crippen LogP contribution in [0.1, 0.15) is 49.9 Å². The highest BCUT2D eigenvalue weighted by atomic mass is 32.1. The zero-order valence-electron chi connectivity index (χ0n) is 67.1. The van der Waals surface area contributed by atoms with Crippen LogP contribution in [0.15, 0.2) is 389 Å². The van der Waals surface area contributed by atoms with Crippen molar-refractivity contribution >= 4 is 194 Å². The summed E-state index contributed by atoms with van der Waals surface area (Å²) >= 11 is 5.67. The smallest absolute Gasteiger partial charge is 0.143 e. The zero-order chi connectivity index (χ0) is 80.8. The molecule has 0 unspecified atom stereocenters. The van der Waals surface area contributed by atoms with Crippen LogP contribution in [0.5, 0.6) is 0 Å². The normalized spacial score (nSPS) is 13.2. The van der Waals surface area contributed by atoms with E-state index in [0.717, 1.165) is 122 Å². The highest BCUT2D eigenvalue weighted by Crippen LogP contribution is 2.58. The standard InChI is InChI=1S/C57H37NO2S.C57H37NOS2/c1-57(2)48-32-31-45-42-12-4-7-19-51(42)60-55(45)53(48)47-30-29-38(33-49(47)57)58(36-25-21-34(22-26-36)39-14-9-16-44-41-11-3-6-18-50(41)59-54(39)44)37-27-23-35(24-28-37)40-15-10-17-46-43-13-5-8-20-52(43)61-56(40)46;1-57(2)48-32-31-46-43-13-5-8-20-52(43)61-56(46)53(48)47-30-29-38(33-49(47)57)58(36-25-21-34(22-26-36)39-14-9-16-44-41-11-3-6-18-50(41)59-54(39)44)37-27-23-35(24-28-37)40-15-10-17-45-42-12-4-7-19-51(42)60-55(40)45/h2*3-33H,1-2H3. The van der Waals surface area contributed by atoms with Crippen LogP contribution in [-0.4, -0.2) is 0 Å². The number of benzene rings is 18. The number of hydrogen-bond acceptors (Lipinski definition) is 8. The van der Waals surface area contributed by atoms with Crippen LogP contribution in [-0.2, 0) is 10.8 Å². The molecule has 5 nitrogen and oxygen atoms in total. The molecule has 8 heteroatoms. The number of nitrogens with zero attached hydrogens (tertiary/aromatic N) is 2. The Bertz CT molecular complexity index is 7650. The molecular weight excluding hydrogens is 1540 g/mol. The van der Waals surface area contributed by atoms with Crippen LogP contribution in [0.25, 0.3) is 193 Å². The summed E-state index contributed by atoms with van der Waals surface area (Å²) in [6.07, 6.45) is 0. The lowest BCUT2D eigenvalue weighted by Crippen LogP contribution is -2.16. The molecule has 122 heavy (non-hydrogen) atoms. The van der Waals surface area contributed by atoms with Crippen molar-refractivity contribution in [1.29, 1.82) is 0 Å². The predicted octanol–water partition coefficient (Wildman–Crippen LogP) is 34.4. The molecule has 0 saturated heterocycles. The van der Waals surface area contributed by atoms with Crippen molar-refractivity contribution in [2.24, 2.45) is 0 Å². The van der Waals surface area contributed by atoms with Gasteiger partial charge in [-0.2, -0.15) is 0 Å². The van der Waals surface area contributed by atoms with Crippen molar-refractivity contribution in [3.8, 4) is 66.8 Å². The first-order chi connectivity index (χ1) is 60.0. The van der Waals surface area contributed by atoms with E-state index >= 15 is 0 Å². The topological polar surface area (TPSA) is 45.9 Å². The lowest BCUT2D eigenvalue weighted by molar-refractivity contribution is 0.653. The molecule has 0 aliphatic heterocycles. The van der Waals surface area contributed by atoms with E-state index in [-0.39, 0.29) is 10.8 Å². The maximum Gasteiger partial charge on any atom is 0.143 e. The van der Waals surface area contributed by atoms with Crippen LogP contribution >= 0.6 is 34.0 Å². The van der Waals surface area contributed by atoms with Crippen molar-refractivity contribution in [2.45, 2.75) is 38.5 Å². The molecule has 6 aromatic heterocycles. The maximum atomic E-state index is 6.63. The molecule has 0 atom stereocenters. The molecule has 0 saturated carbocycles. The lowest BCUT2D eigenvalue weighted by Gasteiger charge is -2.28. The first-order valence-corrected chi connectivity index (χ1v) is 44.3. The van der Waals surface area contributed by atoms with E-state index in [1.54, 1.807) is 0 Å². The second-order valence-corrected chi connectivity index (χ2v) is 36.8. The molecule has 24 aromatic rings. The van der Waals surface area contributed by atoms with Crippen LogP contribution in [0.4, 0.5) is 34.1 Å². The third kappa shape index (κ3) is 10.8. The summed E-state index contributed by atoms with van der Waals surface area (Å²) in [6, 6.07) is 137. The van der Waals surface area contributed by atoms with Crippen LogP contribution < -0.4 is 9.80 Å². The monoisotopic (exact) mass is 1610 g/mol. The second-order valence-electron chi connectivity index (χ2n) is 33.6. The summed E-state index contributed by atoms with van der Waals surface area (Å²) in [6.45, 7) is 9.47. The van der Waals surface area contributed by atoms with Gasteiger partial charge in [0.2, 0.25) is 0 Å². The van der Waals surface area contributed by atoms with Crippen LogP contribution in [0.3, 0.4) is 0 Å². The van der Waals surface area contributed by atoms with E-state index < -0.39 is 0 Å². The SMILES string of the molecule is CC1(C)c2cc(N(c3ccc(-c4cccc5c4oc4ccccc45)cc3)c3ccc(-c4cccc5c4sc4ccccc45)cc3)ccc2-c2c1ccc1c2oc2ccccc21.CC1(C)c2cc(N(c3ccc(-c4cccc5c4oc4ccccc45)cc3)c3ccc(-c4cccc5c4sc4ccccc45)cc3)ccc2-c2c1ccc1c2sc2ccccc21. The molecule has 6 heterocycles. The fraction of sp³-hybridized carbons (Fsp3) is 0.0526. The van der Waals surface area contributed by atoms with E-state index in [2.05, 4.69) is 389 Å².